The molecule has 2 aromatic heterocycles. The molecule has 0 saturated carbocycles. The van der Waals surface area contributed by atoms with Crippen LogP contribution in [0, 0.1) is 5.82 Å². The van der Waals surface area contributed by atoms with Crippen LogP contribution in [0.5, 0.6) is 11.5 Å². The van der Waals surface area contributed by atoms with Gasteiger partial charge in [0.15, 0.2) is 5.82 Å². The van der Waals surface area contributed by atoms with Crippen LogP contribution in [0.25, 0.3) is 33.4 Å². The summed E-state index contributed by atoms with van der Waals surface area (Å²) >= 11 is 0. The predicted octanol–water partition coefficient (Wildman–Crippen LogP) is 4.57. The molecule has 164 valence electrons. The fourth-order valence-corrected chi connectivity index (χ4v) is 3.42. The van der Waals surface area contributed by atoms with Crippen LogP contribution in [0.2, 0.25) is 0 Å². The number of rotatable bonds is 8. The molecule has 0 fully saturated rings. The van der Waals surface area contributed by atoms with Crippen molar-refractivity contribution < 1.29 is 18.6 Å². The summed E-state index contributed by atoms with van der Waals surface area (Å²) in [5.41, 5.74) is 2.74. The minimum Gasteiger partial charge on any atom is -0.494 e. The number of hydrogen-bond donors (Lipinski definition) is 1. The molecule has 0 aliphatic carbocycles. The van der Waals surface area contributed by atoms with Crippen molar-refractivity contribution in [2.24, 2.45) is 0 Å². The second-order valence-electron chi connectivity index (χ2n) is 6.94. The maximum atomic E-state index is 14.1. The fourth-order valence-electron chi connectivity index (χ4n) is 3.42. The van der Waals surface area contributed by atoms with Gasteiger partial charge >= 0.3 is 0 Å². The summed E-state index contributed by atoms with van der Waals surface area (Å²) in [6, 6.07) is 11.9. The summed E-state index contributed by atoms with van der Waals surface area (Å²) in [7, 11) is 4.96. The highest BCUT2D eigenvalue weighted by atomic mass is 19.1. The molecule has 0 aliphatic heterocycles. The zero-order valence-corrected chi connectivity index (χ0v) is 18.1. The maximum absolute atomic E-state index is 14.1. The van der Waals surface area contributed by atoms with Gasteiger partial charge in [-0.3, -0.25) is 4.98 Å². The van der Waals surface area contributed by atoms with E-state index in [0.29, 0.717) is 47.4 Å². The molecule has 2 heterocycles. The second-order valence-corrected chi connectivity index (χ2v) is 6.94. The van der Waals surface area contributed by atoms with Gasteiger partial charge in [-0.15, -0.1) is 0 Å². The fraction of sp³-hybridized carbons (Fsp3) is 0.208. The normalized spacial score (nSPS) is 10.9. The van der Waals surface area contributed by atoms with Crippen LogP contribution in [0.15, 0.2) is 54.9 Å². The van der Waals surface area contributed by atoms with Gasteiger partial charge in [0.2, 0.25) is 0 Å². The lowest BCUT2D eigenvalue weighted by molar-refractivity contribution is 0.146. The van der Waals surface area contributed by atoms with Crippen molar-refractivity contribution in [2.75, 3.05) is 39.8 Å². The van der Waals surface area contributed by atoms with E-state index in [2.05, 4.69) is 15.3 Å². The van der Waals surface area contributed by atoms with E-state index in [4.69, 9.17) is 19.2 Å². The lowest BCUT2D eigenvalue weighted by Gasteiger charge is -2.16. The molecule has 2 aromatic carbocycles. The van der Waals surface area contributed by atoms with E-state index in [1.165, 1.54) is 12.1 Å². The van der Waals surface area contributed by atoms with Crippen molar-refractivity contribution in [3.05, 3.63) is 60.7 Å². The molecular weight excluding hydrogens is 411 g/mol. The summed E-state index contributed by atoms with van der Waals surface area (Å²) in [6.45, 7) is 0.770. The van der Waals surface area contributed by atoms with Crippen LogP contribution in [0.4, 0.5) is 10.2 Å². The predicted molar refractivity (Wildman–Crippen MR) is 122 cm³/mol. The third kappa shape index (κ3) is 4.31. The van der Waals surface area contributed by atoms with E-state index >= 15 is 0 Å². The van der Waals surface area contributed by atoms with Gasteiger partial charge in [-0.1, -0.05) is 0 Å². The SMILES string of the molecule is CNc1nc(-c2cccnc2)nc2c(OC)cc(-c3cc(F)ccc3OCCOC)cc12. The molecule has 0 bridgehead atoms. The Morgan fingerprint density at radius 1 is 0.969 bits per heavy atom. The first-order valence-corrected chi connectivity index (χ1v) is 10.0. The number of nitrogens with zero attached hydrogens (tertiary/aromatic N) is 3. The summed E-state index contributed by atoms with van der Waals surface area (Å²) in [5, 5.41) is 3.87. The number of pyridine rings is 1. The topological polar surface area (TPSA) is 78.4 Å². The van der Waals surface area contributed by atoms with Gasteiger partial charge in [0.1, 0.15) is 35.3 Å². The third-order valence-corrected chi connectivity index (χ3v) is 4.94. The molecule has 0 amide bonds. The van der Waals surface area contributed by atoms with Crippen molar-refractivity contribution >= 4 is 16.7 Å². The number of hydrogen-bond acceptors (Lipinski definition) is 7. The molecule has 0 radical (unpaired) electrons. The summed E-state index contributed by atoms with van der Waals surface area (Å²) in [6.07, 6.45) is 3.40. The average molecular weight is 434 g/mol. The molecule has 0 aliphatic rings. The zero-order valence-electron chi connectivity index (χ0n) is 18.1. The Bertz CT molecular complexity index is 1240. The number of nitrogens with one attached hydrogen (secondary N) is 1. The van der Waals surface area contributed by atoms with Gasteiger partial charge in [-0.2, -0.15) is 0 Å². The van der Waals surface area contributed by atoms with E-state index in [-0.39, 0.29) is 5.82 Å². The Balaban J connectivity index is 1.89. The molecule has 0 unspecified atom stereocenters. The molecule has 32 heavy (non-hydrogen) atoms. The zero-order chi connectivity index (χ0) is 22.5. The number of benzene rings is 2. The number of fused-ring (bicyclic) bond motifs is 1. The average Bonchev–Trinajstić information content (AvgIpc) is 2.84. The first kappa shape index (κ1) is 21.5. The Hall–Kier alpha value is -3.78. The smallest absolute Gasteiger partial charge is 0.163 e. The van der Waals surface area contributed by atoms with Crippen molar-refractivity contribution in [1.29, 1.82) is 0 Å². The van der Waals surface area contributed by atoms with Crippen LogP contribution in [0.1, 0.15) is 0 Å². The molecule has 8 heteroatoms. The first-order chi connectivity index (χ1) is 15.6. The van der Waals surface area contributed by atoms with Gasteiger partial charge in [0.05, 0.1) is 13.7 Å². The van der Waals surface area contributed by atoms with E-state index in [0.717, 1.165) is 16.5 Å². The standard InChI is InChI=1S/C24H23FN4O3/c1-26-24-19-11-16(18-13-17(25)6-7-20(18)32-10-9-30-2)12-21(31-3)22(19)28-23(29-24)15-5-4-8-27-14-15/h4-8,11-14H,9-10H2,1-3H3,(H,26,28,29). The number of anilines is 1. The first-order valence-electron chi connectivity index (χ1n) is 10.0. The molecule has 1 N–H and O–H groups in total. The molecular formula is C24H23FN4O3. The second kappa shape index (κ2) is 9.57. The van der Waals surface area contributed by atoms with E-state index in [9.17, 15) is 4.39 Å². The van der Waals surface area contributed by atoms with Gasteiger partial charge in [-0.25, -0.2) is 14.4 Å². The van der Waals surface area contributed by atoms with E-state index in [1.54, 1.807) is 39.7 Å². The Morgan fingerprint density at radius 2 is 1.84 bits per heavy atom. The van der Waals surface area contributed by atoms with Crippen LogP contribution in [-0.4, -0.2) is 49.4 Å². The minimum atomic E-state index is -0.366. The van der Waals surface area contributed by atoms with Crippen LogP contribution in [0.3, 0.4) is 0 Å². The highest BCUT2D eigenvalue weighted by molar-refractivity contribution is 5.98. The lowest BCUT2D eigenvalue weighted by atomic mass is 10.0. The molecule has 4 rings (SSSR count). The summed E-state index contributed by atoms with van der Waals surface area (Å²) in [4.78, 5) is 13.5. The van der Waals surface area contributed by atoms with Crippen LogP contribution >= 0.6 is 0 Å². The highest BCUT2D eigenvalue weighted by Crippen LogP contribution is 2.39. The molecule has 4 aromatic rings. The third-order valence-electron chi connectivity index (χ3n) is 4.94. The summed E-state index contributed by atoms with van der Waals surface area (Å²) in [5.74, 6) is 1.86. The van der Waals surface area contributed by atoms with Crippen molar-refractivity contribution in [1.82, 2.24) is 15.0 Å². The lowest BCUT2D eigenvalue weighted by Crippen LogP contribution is -2.05. The number of ether oxygens (including phenoxy) is 3. The molecule has 0 spiro atoms. The quantitative estimate of drug-likeness (QED) is 0.407. The van der Waals surface area contributed by atoms with Gasteiger partial charge in [-0.05, 0) is 48.0 Å². The van der Waals surface area contributed by atoms with Gasteiger partial charge in [0.25, 0.3) is 0 Å². The van der Waals surface area contributed by atoms with Crippen LogP contribution in [-0.2, 0) is 4.74 Å². The van der Waals surface area contributed by atoms with E-state index in [1.807, 2.05) is 24.3 Å². The molecule has 7 nitrogen and oxygen atoms in total. The largest absolute Gasteiger partial charge is 0.494 e. The molecule has 0 saturated heterocycles. The van der Waals surface area contributed by atoms with Crippen molar-refractivity contribution in [2.45, 2.75) is 0 Å². The number of aromatic nitrogens is 3. The number of methoxy groups -OCH3 is 2. The monoisotopic (exact) mass is 434 g/mol. The summed E-state index contributed by atoms with van der Waals surface area (Å²) < 4.78 is 30.7. The number of halogens is 1. The van der Waals surface area contributed by atoms with E-state index < -0.39 is 0 Å². The Labute approximate surface area is 185 Å². The maximum Gasteiger partial charge on any atom is 0.163 e. The molecule has 0 atom stereocenters. The minimum absolute atomic E-state index is 0.346. The Kier molecular flexibility index (Phi) is 6.42. The van der Waals surface area contributed by atoms with Crippen molar-refractivity contribution in [3.8, 4) is 34.0 Å². The van der Waals surface area contributed by atoms with Gasteiger partial charge < -0.3 is 19.5 Å². The van der Waals surface area contributed by atoms with Crippen LogP contribution < -0.4 is 14.8 Å². The van der Waals surface area contributed by atoms with Crippen molar-refractivity contribution in [3.63, 3.8) is 0 Å². The van der Waals surface area contributed by atoms with Gasteiger partial charge in [0, 0.05) is 43.1 Å². The Morgan fingerprint density at radius 3 is 2.56 bits per heavy atom. The highest BCUT2D eigenvalue weighted by Gasteiger charge is 2.17.